The summed E-state index contributed by atoms with van der Waals surface area (Å²) in [5.41, 5.74) is 1.24. The number of amides is 2. The highest BCUT2D eigenvalue weighted by Crippen LogP contribution is 2.36. The van der Waals surface area contributed by atoms with E-state index in [1.807, 2.05) is 0 Å². The first-order chi connectivity index (χ1) is 16.3. The molecule has 0 saturated carbocycles. The van der Waals surface area contributed by atoms with E-state index in [4.69, 9.17) is 39.5 Å². The first kappa shape index (κ1) is 24.3. The molecule has 1 fully saturated rings. The summed E-state index contributed by atoms with van der Waals surface area (Å²) in [7, 11) is 0. The number of carbonyl (C=O) groups excluding carboxylic acids is 2. The molecule has 1 saturated heterocycles. The average Bonchev–Trinajstić information content (AvgIpc) is 3.13. The molecular formula is C24H14Cl3FN2O3S. The van der Waals surface area contributed by atoms with Crippen LogP contribution in [0.4, 0.5) is 4.39 Å². The molecule has 0 atom stereocenters. The highest BCUT2D eigenvalue weighted by Gasteiger charge is 2.25. The van der Waals surface area contributed by atoms with Crippen molar-refractivity contribution in [2.45, 2.75) is 6.61 Å². The normalized spacial score (nSPS) is 15.6. The zero-order valence-corrected chi connectivity index (χ0v) is 20.2. The van der Waals surface area contributed by atoms with Crippen molar-refractivity contribution in [3.8, 4) is 5.75 Å². The number of hydrogen-bond acceptors (Lipinski definition) is 4. The summed E-state index contributed by atoms with van der Waals surface area (Å²) in [5, 5.41) is 3.60. The lowest BCUT2D eigenvalue weighted by atomic mass is 10.2. The molecule has 172 valence electrons. The van der Waals surface area contributed by atoms with Crippen molar-refractivity contribution in [2.75, 3.05) is 0 Å². The summed E-state index contributed by atoms with van der Waals surface area (Å²) in [5.74, 6) is -1.12. The number of carbonyl (C=O) groups is 2. The molecule has 4 rings (SSSR count). The van der Waals surface area contributed by atoms with Crippen molar-refractivity contribution in [2.24, 2.45) is 4.99 Å². The number of halogens is 4. The second-order valence-electron chi connectivity index (χ2n) is 6.99. The molecule has 1 N–H and O–H groups in total. The summed E-state index contributed by atoms with van der Waals surface area (Å²) in [4.78, 5) is 28.9. The SMILES string of the molecule is O=C1NC(=NC(=O)c2ccc(Cl)cc2)S/C1=C\c1cc(Cl)c(OCc2ccccc2F)c(Cl)c1. The van der Waals surface area contributed by atoms with Gasteiger partial charge in [0.05, 0.1) is 15.0 Å². The van der Waals surface area contributed by atoms with E-state index in [-0.39, 0.29) is 27.6 Å². The Balaban J connectivity index is 1.49. The number of benzene rings is 3. The van der Waals surface area contributed by atoms with Gasteiger partial charge in [0.15, 0.2) is 10.9 Å². The van der Waals surface area contributed by atoms with Crippen molar-refractivity contribution < 1.29 is 18.7 Å². The van der Waals surface area contributed by atoms with Gasteiger partial charge in [0.2, 0.25) is 0 Å². The monoisotopic (exact) mass is 534 g/mol. The Hall–Kier alpha value is -2.84. The second-order valence-corrected chi connectivity index (χ2v) is 9.27. The van der Waals surface area contributed by atoms with Crippen LogP contribution in [0.3, 0.4) is 0 Å². The van der Waals surface area contributed by atoms with Gasteiger partial charge in [-0.1, -0.05) is 53.0 Å². The van der Waals surface area contributed by atoms with E-state index >= 15 is 0 Å². The maximum Gasteiger partial charge on any atom is 0.279 e. The van der Waals surface area contributed by atoms with Crippen LogP contribution in [0.5, 0.6) is 5.75 Å². The molecule has 5 nitrogen and oxygen atoms in total. The first-order valence-corrected chi connectivity index (χ1v) is 11.7. The Morgan fingerprint density at radius 2 is 1.74 bits per heavy atom. The lowest BCUT2D eigenvalue weighted by molar-refractivity contribution is -0.115. The van der Waals surface area contributed by atoms with E-state index in [1.54, 1.807) is 60.7 Å². The van der Waals surface area contributed by atoms with Crippen LogP contribution in [0.2, 0.25) is 15.1 Å². The molecule has 10 heteroatoms. The van der Waals surface area contributed by atoms with Gasteiger partial charge in [-0.2, -0.15) is 4.99 Å². The fraction of sp³-hybridized carbons (Fsp3) is 0.0417. The molecule has 0 radical (unpaired) electrons. The quantitative estimate of drug-likeness (QED) is 0.366. The van der Waals surface area contributed by atoms with Gasteiger partial charge in [0.1, 0.15) is 12.4 Å². The van der Waals surface area contributed by atoms with Gasteiger partial charge in [0, 0.05) is 16.1 Å². The smallest absolute Gasteiger partial charge is 0.279 e. The van der Waals surface area contributed by atoms with Gasteiger partial charge in [-0.3, -0.25) is 9.59 Å². The summed E-state index contributed by atoms with van der Waals surface area (Å²) in [6.07, 6.45) is 1.56. The van der Waals surface area contributed by atoms with Crippen LogP contribution in [0.1, 0.15) is 21.5 Å². The number of thioether (sulfide) groups is 1. The van der Waals surface area contributed by atoms with E-state index in [0.717, 1.165) is 11.8 Å². The number of nitrogens with one attached hydrogen (secondary N) is 1. The summed E-state index contributed by atoms with van der Waals surface area (Å²) in [6.45, 7) is -0.0493. The molecule has 34 heavy (non-hydrogen) atoms. The van der Waals surface area contributed by atoms with Gasteiger partial charge in [0.25, 0.3) is 11.8 Å². The highest BCUT2D eigenvalue weighted by molar-refractivity contribution is 8.18. The Kier molecular flexibility index (Phi) is 7.58. The Morgan fingerprint density at radius 1 is 1.06 bits per heavy atom. The third kappa shape index (κ3) is 5.80. The maximum atomic E-state index is 13.8. The lowest BCUT2D eigenvalue weighted by Crippen LogP contribution is -2.20. The maximum absolute atomic E-state index is 13.8. The van der Waals surface area contributed by atoms with Crippen LogP contribution in [0.15, 0.2) is 70.6 Å². The second kappa shape index (κ2) is 10.6. The minimum Gasteiger partial charge on any atom is -0.486 e. The summed E-state index contributed by atoms with van der Waals surface area (Å²) < 4.78 is 19.4. The average molecular weight is 536 g/mol. The molecule has 0 aliphatic carbocycles. The lowest BCUT2D eigenvalue weighted by Gasteiger charge is -2.11. The van der Waals surface area contributed by atoms with Crippen molar-refractivity contribution in [1.29, 1.82) is 0 Å². The minimum atomic E-state index is -0.511. The zero-order valence-electron chi connectivity index (χ0n) is 17.2. The minimum absolute atomic E-state index is 0.0493. The van der Waals surface area contributed by atoms with Crippen LogP contribution in [-0.4, -0.2) is 17.0 Å². The molecule has 0 bridgehead atoms. The molecular weight excluding hydrogens is 522 g/mol. The van der Waals surface area contributed by atoms with Gasteiger partial charge in [-0.05, 0) is 65.9 Å². The Morgan fingerprint density at radius 3 is 2.41 bits per heavy atom. The number of rotatable bonds is 5. The summed E-state index contributed by atoms with van der Waals surface area (Å²) in [6, 6.07) is 15.6. The third-order valence-corrected chi connectivity index (χ3v) is 6.32. The van der Waals surface area contributed by atoms with E-state index < -0.39 is 17.6 Å². The molecule has 0 aromatic heterocycles. The number of aliphatic imine (C=N–C) groups is 1. The van der Waals surface area contributed by atoms with Crippen molar-refractivity contribution in [3.05, 3.63) is 103 Å². The molecule has 3 aromatic carbocycles. The molecule has 0 unspecified atom stereocenters. The molecule has 2 amide bonds. The predicted octanol–water partition coefficient (Wildman–Crippen LogP) is 6.77. The van der Waals surface area contributed by atoms with Crippen molar-refractivity contribution in [3.63, 3.8) is 0 Å². The topological polar surface area (TPSA) is 67.8 Å². The predicted molar refractivity (Wildman–Crippen MR) is 134 cm³/mol. The Bertz CT molecular complexity index is 1320. The van der Waals surface area contributed by atoms with Crippen LogP contribution in [0, 0.1) is 5.82 Å². The Labute approximate surface area is 213 Å². The molecule has 1 heterocycles. The third-order valence-electron chi connectivity index (χ3n) is 4.59. The first-order valence-electron chi connectivity index (χ1n) is 9.75. The largest absolute Gasteiger partial charge is 0.486 e. The van der Waals surface area contributed by atoms with Crippen molar-refractivity contribution in [1.82, 2.24) is 5.32 Å². The highest BCUT2D eigenvalue weighted by atomic mass is 35.5. The molecule has 1 aliphatic heterocycles. The van der Waals surface area contributed by atoms with Gasteiger partial charge < -0.3 is 10.1 Å². The standard InChI is InChI=1S/C24H14Cl3FN2O3S/c25-16-7-5-14(6-8-16)22(31)29-24-30-23(32)20(34-24)11-13-9-17(26)21(18(27)10-13)33-12-15-3-1-2-4-19(15)28/h1-11H,12H2,(H,29,30,31,32)/b20-11-. The number of ether oxygens (including phenoxy) is 1. The van der Waals surface area contributed by atoms with E-state index in [0.29, 0.717) is 26.6 Å². The zero-order chi connectivity index (χ0) is 24.2. The van der Waals surface area contributed by atoms with Gasteiger partial charge >= 0.3 is 0 Å². The van der Waals surface area contributed by atoms with Crippen LogP contribution >= 0.6 is 46.6 Å². The van der Waals surface area contributed by atoms with Crippen LogP contribution in [-0.2, 0) is 11.4 Å². The van der Waals surface area contributed by atoms with E-state index in [1.165, 1.54) is 6.07 Å². The van der Waals surface area contributed by atoms with Crippen LogP contribution in [0.25, 0.3) is 6.08 Å². The fourth-order valence-corrected chi connectivity index (χ4v) is 4.51. The van der Waals surface area contributed by atoms with Crippen LogP contribution < -0.4 is 10.1 Å². The van der Waals surface area contributed by atoms with Crippen molar-refractivity contribution >= 4 is 69.6 Å². The molecule has 3 aromatic rings. The number of nitrogens with zero attached hydrogens (tertiary/aromatic N) is 1. The van der Waals surface area contributed by atoms with E-state index in [9.17, 15) is 14.0 Å². The number of amidine groups is 1. The van der Waals surface area contributed by atoms with E-state index in [2.05, 4.69) is 10.3 Å². The number of hydrogen-bond donors (Lipinski definition) is 1. The summed E-state index contributed by atoms with van der Waals surface area (Å²) >= 11 is 19.5. The van der Waals surface area contributed by atoms with Gasteiger partial charge in [-0.25, -0.2) is 4.39 Å². The molecule has 0 spiro atoms. The molecule has 1 aliphatic rings. The van der Waals surface area contributed by atoms with Gasteiger partial charge in [-0.15, -0.1) is 0 Å². The fourth-order valence-electron chi connectivity index (χ4n) is 2.95.